The van der Waals surface area contributed by atoms with E-state index in [-0.39, 0.29) is 0 Å². The molecule has 0 amide bonds. The van der Waals surface area contributed by atoms with Crippen molar-refractivity contribution in [3.05, 3.63) is 65.2 Å². The number of rotatable bonds is 2. The number of aromatic nitrogens is 2. The molecule has 0 aliphatic carbocycles. The third-order valence-electron chi connectivity index (χ3n) is 4.43. The van der Waals surface area contributed by atoms with Crippen LogP contribution < -0.4 is 5.32 Å². The lowest BCUT2D eigenvalue weighted by Crippen LogP contribution is -2.04. The Labute approximate surface area is 130 Å². The van der Waals surface area contributed by atoms with Gasteiger partial charge in [-0.2, -0.15) is 5.10 Å². The number of hydrogen-bond acceptors (Lipinski definition) is 2. The van der Waals surface area contributed by atoms with Crippen molar-refractivity contribution in [3.8, 4) is 16.9 Å². The molecule has 3 nitrogen and oxygen atoms in total. The Balaban J connectivity index is 1.89. The van der Waals surface area contributed by atoms with Crippen molar-refractivity contribution in [1.29, 1.82) is 0 Å². The van der Waals surface area contributed by atoms with Crippen LogP contribution in [-0.2, 0) is 6.42 Å². The van der Waals surface area contributed by atoms with Gasteiger partial charge in [0.25, 0.3) is 0 Å². The summed E-state index contributed by atoms with van der Waals surface area (Å²) in [7, 11) is 0. The van der Waals surface area contributed by atoms with Crippen molar-refractivity contribution in [1.82, 2.24) is 9.78 Å². The first-order chi connectivity index (χ1) is 10.7. The number of benzene rings is 2. The Morgan fingerprint density at radius 2 is 1.82 bits per heavy atom. The maximum atomic E-state index is 4.90. The summed E-state index contributed by atoms with van der Waals surface area (Å²) in [5, 5.41) is 8.39. The molecule has 1 aromatic heterocycles. The Morgan fingerprint density at radius 1 is 1.00 bits per heavy atom. The lowest BCUT2D eigenvalue weighted by atomic mass is 10.1. The van der Waals surface area contributed by atoms with Gasteiger partial charge in [0.1, 0.15) is 5.82 Å². The third kappa shape index (κ3) is 2.01. The van der Waals surface area contributed by atoms with Gasteiger partial charge in [-0.1, -0.05) is 36.4 Å². The quantitative estimate of drug-likeness (QED) is 0.769. The highest BCUT2D eigenvalue weighted by molar-refractivity contribution is 5.72. The van der Waals surface area contributed by atoms with Crippen molar-refractivity contribution in [3.63, 3.8) is 0 Å². The number of fused-ring (bicyclic) bond motifs is 1. The lowest BCUT2D eigenvalue weighted by molar-refractivity contribution is 0.880. The zero-order chi connectivity index (χ0) is 15.1. The van der Waals surface area contributed by atoms with E-state index in [0.717, 1.165) is 30.2 Å². The van der Waals surface area contributed by atoms with Crippen LogP contribution in [-0.4, -0.2) is 16.3 Å². The molecular weight excluding hydrogens is 270 g/mol. The van der Waals surface area contributed by atoms with Gasteiger partial charge in [-0.15, -0.1) is 0 Å². The Kier molecular flexibility index (Phi) is 3.00. The van der Waals surface area contributed by atoms with Crippen molar-refractivity contribution >= 4 is 5.82 Å². The standard InChI is InChI=1S/C19H19N3/c1-13-8-9-16(12-14(13)2)22-19-17(10-11-20-19)18(21-22)15-6-4-3-5-7-15/h3-9,12,20H,10-11H2,1-2H3. The molecule has 110 valence electrons. The maximum Gasteiger partial charge on any atom is 0.133 e. The first-order valence-corrected chi connectivity index (χ1v) is 7.73. The van der Waals surface area contributed by atoms with Gasteiger partial charge in [-0.25, -0.2) is 4.68 Å². The predicted octanol–water partition coefficient (Wildman–Crippen LogP) is 4.12. The van der Waals surface area contributed by atoms with Gasteiger partial charge in [0.15, 0.2) is 0 Å². The summed E-state index contributed by atoms with van der Waals surface area (Å²) in [6.07, 6.45) is 1.03. The highest BCUT2D eigenvalue weighted by Crippen LogP contribution is 2.34. The summed E-state index contributed by atoms with van der Waals surface area (Å²) in [4.78, 5) is 0. The van der Waals surface area contributed by atoms with Crippen LogP contribution in [0.2, 0.25) is 0 Å². The van der Waals surface area contributed by atoms with Gasteiger partial charge in [-0.3, -0.25) is 0 Å². The van der Waals surface area contributed by atoms with E-state index in [4.69, 9.17) is 5.10 Å². The molecule has 0 unspecified atom stereocenters. The number of hydrogen-bond donors (Lipinski definition) is 1. The topological polar surface area (TPSA) is 29.9 Å². The van der Waals surface area contributed by atoms with E-state index in [9.17, 15) is 0 Å². The summed E-state index contributed by atoms with van der Waals surface area (Å²) in [5.74, 6) is 1.14. The van der Waals surface area contributed by atoms with Crippen LogP contribution in [0.25, 0.3) is 16.9 Å². The zero-order valence-corrected chi connectivity index (χ0v) is 12.9. The van der Waals surface area contributed by atoms with Crippen molar-refractivity contribution in [2.75, 3.05) is 11.9 Å². The fourth-order valence-electron chi connectivity index (χ4n) is 3.05. The fraction of sp³-hybridized carbons (Fsp3) is 0.211. The molecule has 0 atom stereocenters. The molecule has 3 heteroatoms. The second-order valence-electron chi connectivity index (χ2n) is 5.90. The largest absolute Gasteiger partial charge is 0.369 e. The van der Waals surface area contributed by atoms with Crippen LogP contribution in [0.1, 0.15) is 16.7 Å². The zero-order valence-electron chi connectivity index (χ0n) is 12.9. The van der Waals surface area contributed by atoms with Crippen LogP contribution in [0.15, 0.2) is 48.5 Å². The van der Waals surface area contributed by atoms with Gasteiger partial charge in [0.2, 0.25) is 0 Å². The summed E-state index contributed by atoms with van der Waals surface area (Å²) >= 11 is 0. The molecule has 0 saturated heterocycles. The molecular formula is C19H19N3. The van der Waals surface area contributed by atoms with E-state index < -0.39 is 0 Å². The molecule has 0 bridgehead atoms. The molecule has 0 spiro atoms. The van der Waals surface area contributed by atoms with Crippen LogP contribution in [0.5, 0.6) is 0 Å². The SMILES string of the molecule is Cc1ccc(-n2nc(-c3ccccc3)c3c2NCC3)cc1C. The first kappa shape index (κ1) is 13.1. The second kappa shape index (κ2) is 5.02. The second-order valence-corrected chi connectivity index (χ2v) is 5.90. The summed E-state index contributed by atoms with van der Waals surface area (Å²) in [6, 6.07) is 17.0. The van der Waals surface area contributed by atoms with Crippen molar-refractivity contribution < 1.29 is 0 Å². The van der Waals surface area contributed by atoms with Crippen LogP contribution >= 0.6 is 0 Å². The molecule has 0 radical (unpaired) electrons. The summed E-state index contributed by atoms with van der Waals surface area (Å²) in [5.41, 5.74) is 7.33. The van der Waals surface area contributed by atoms with Crippen molar-refractivity contribution in [2.24, 2.45) is 0 Å². The lowest BCUT2D eigenvalue weighted by Gasteiger charge is -2.08. The van der Waals surface area contributed by atoms with E-state index in [1.807, 2.05) is 6.07 Å². The Bertz CT molecular complexity index is 831. The highest BCUT2D eigenvalue weighted by Gasteiger charge is 2.23. The average Bonchev–Trinajstić information content (AvgIpc) is 3.13. The smallest absolute Gasteiger partial charge is 0.133 e. The minimum Gasteiger partial charge on any atom is -0.369 e. The molecule has 3 aromatic rings. The number of nitrogens with zero attached hydrogens (tertiary/aromatic N) is 2. The van der Waals surface area contributed by atoms with Gasteiger partial charge in [-0.05, 0) is 43.5 Å². The van der Waals surface area contributed by atoms with Crippen LogP contribution in [0.3, 0.4) is 0 Å². The van der Waals surface area contributed by atoms with Crippen LogP contribution in [0, 0.1) is 13.8 Å². The number of anilines is 1. The predicted molar refractivity (Wildman–Crippen MR) is 90.7 cm³/mol. The number of aryl methyl sites for hydroxylation is 2. The van der Waals surface area contributed by atoms with E-state index >= 15 is 0 Å². The molecule has 0 saturated carbocycles. The third-order valence-corrected chi connectivity index (χ3v) is 4.43. The normalized spacial score (nSPS) is 13.0. The first-order valence-electron chi connectivity index (χ1n) is 7.73. The van der Waals surface area contributed by atoms with Crippen LogP contribution in [0.4, 0.5) is 5.82 Å². The van der Waals surface area contributed by atoms with E-state index in [1.54, 1.807) is 0 Å². The minimum atomic E-state index is 0.984. The number of nitrogens with one attached hydrogen (secondary N) is 1. The van der Waals surface area contributed by atoms with Gasteiger partial charge >= 0.3 is 0 Å². The van der Waals surface area contributed by atoms with Gasteiger partial charge < -0.3 is 5.32 Å². The fourth-order valence-corrected chi connectivity index (χ4v) is 3.05. The molecule has 1 aliphatic heterocycles. The average molecular weight is 289 g/mol. The molecule has 4 rings (SSSR count). The summed E-state index contributed by atoms with van der Waals surface area (Å²) < 4.78 is 2.05. The van der Waals surface area contributed by atoms with E-state index in [1.165, 1.54) is 22.3 Å². The van der Waals surface area contributed by atoms with E-state index in [2.05, 4.69) is 66.3 Å². The monoisotopic (exact) mass is 289 g/mol. The Hall–Kier alpha value is -2.55. The highest BCUT2D eigenvalue weighted by atomic mass is 15.3. The molecule has 1 aliphatic rings. The summed E-state index contributed by atoms with van der Waals surface area (Å²) in [6.45, 7) is 5.27. The van der Waals surface area contributed by atoms with E-state index in [0.29, 0.717) is 0 Å². The van der Waals surface area contributed by atoms with Gasteiger partial charge in [0.05, 0.1) is 11.4 Å². The van der Waals surface area contributed by atoms with Gasteiger partial charge in [0, 0.05) is 17.7 Å². The molecule has 1 N–H and O–H groups in total. The molecule has 0 fully saturated rings. The molecule has 22 heavy (non-hydrogen) atoms. The molecule has 2 aromatic carbocycles. The molecule has 2 heterocycles. The van der Waals surface area contributed by atoms with Crippen molar-refractivity contribution in [2.45, 2.75) is 20.3 Å². The Morgan fingerprint density at radius 3 is 2.59 bits per heavy atom. The maximum absolute atomic E-state index is 4.90. The minimum absolute atomic E-state index is 0.984.